The van der Waals surface area contributed by atoms with Crippen LogP contribution in [0, 0.1) is 6.92 Å². The van der Waals surface area contributed by atoms with E-state index in [9.17, 15) is 9.59 Å². The summed E-state index contributed by atoms with van der Waals surface area (Å²) in [7, 11) is 0. The Morgan fingerprint density at radius 1 is 1.18 bits per heavy atom. The molecule has 0 aliphatic rings. The third-order valence-electron chi connectivity index (χ3n) is 2.46. The standard InChI is InChI=1S/C11H11N3O2S/c1-6-4-5-9-10(13-17-12-9)11(6)14(7(2)15)8(3)16/h4-5H,1-3H3. The number of nitrogens with zero attached hydrogens (tertiary/aromatic N) is 3. The van der Waals surface area contributed by atoms with Gasteiger partial charge in [-0.15, -0.1) is 0 Å². The summed E-state index contributed by atoms with van der Waals surface area (Å²) in [6.07, 6.45) is 0. The molecule has 0 saturated carbocycles. The molecule has 88 valence electrons. The molecule has 0 saturated heterocycles. The Bertz CT molecular complexity index is 592. The Morgan fingerprint density at radius 2 is 1.82 bits per heavy atom. The van der Waals surface area contributed by atoms with Crippen molar-refractivity contribution in [1.82, 2.24) is 8.75 Å². The fourth-order valence-corrected chi connectivity index (χ4v) is 2.30. The van der Waals surface area contributed by atoms with Gasteiger partial charge in [0.25, 0.3) is 0 Å². The van der Waals surface area contributed by atoms with Gasteiger partial charge in [-0.2, -0.15) is 8.75 Å². The van der Waals surface area contributed by atoms with Crippen LogP contribution < -0.4 is 4.90 Å². The van der Waals surface area contributed by atoms with Crippen molar-refractivity contribution >= 4 is 40.3 Å². The molecule has 1 aromatic carbocycles. The second-order valence-electron chi connectivity index (χ2n) is 3.74. The Morgan fingerprint density at radius 3 is 2.41 bits per heavy atom. The predicted molar refractivity (Wildman–Crippen MR) is 66.0 cm³/mol. The van der Waals surface area contributed by atoms with Crippen molar-refractivity contribution in [3.05, 3.63) is 17.7 Å². The van der Waals surface area contributed by atoms with Crippen LogP contribution in [-0.4, -0.2) is 20.6 Å². The number of imide groups is 1. The van der Waals surface area contributed by atoms with Gasteiger partial charge < -0.3 is 0 Å². The van der Waals surface area contributed by atoms with Crippen molar-refractivity contribution in [2.75, 3.05) is 4.90 Å². The first kappa shape index (κ1) is 11.7. The number of benzene rings is 1. The number of amides is 2. The number of aromatic nitrogens is 2. The van der Waals surface area contributed by atoms with E-state index in [2.05, 4.69) is 8.75 Å². The molecule has 6 heteroatoms. The Balaban J connectivity index is 2.75. The lowest BCUT2D eigenvalue weighted by Gasteiger charge is -2.19. The van der Waals surface area contributed by atoms with E-state index in [-0.39, 0.29) is 11.8 Å². The Kier molecular flexibility index (Phi) is 2.89. The third kappa shape index (κ3) is 1.91. The highest BCUT2D eigenvalue weighted by atomic mass is 32.1. The van der Waals surface area contributed by atoms with Crippen molar-refractivity contribution in [3.8, 4) is 0 Å². The number of anilines is 1. The number of hydrogen-bond acceptors (Lipinski definition) is 5. The smallest absolute Gasteiger partial charge is 0.230 e. The van der Waals surface area contributed by atoms with E-state index in [4.69, 9.17) is 0 Å². The molecule has 2 aromatic rings. The number of fused-ring (bicyclic) bond motifs is 1. The molecule has 17 heavy (non-hydrogen) atoms. The van der Waals surface area contributed by atoms with Gasteiger partial charge in [-0.25, -0.2) is 4.90 Å². The average molecular weight is 249 g/mol. The number of carbonyl (C=O) groups is 2. The summed E-state index contributed by atoms with van der Waals surface area (Å²) in [6, 6.07) is 3.66. The van der Waals surface area contributed by atoms with Gasteiger partial charge in [-0.3, -0.25) is 9.59 Å². The second kappa shape index (κ2) is 4.21. The van der Waals surface area contributed by atoms with Crippen molar-refractivity contribution in [2.24, 2.45) is 0 Å². The number of carbonyl (C=O) groups excluding carboxylic acids is 2. The van der Waals surface area contributed by atoms with Crippen LogP contribution in [0.2, 0.25) is 0 Å². The van der Waals surface area contributed by atoms with Gasteiger partial charge in [-0.05, 0) is 18.6 Å². The minimum atomic E-state index is -0.318. The third-order valence-corrected chi connectivity index (χ3v) is 3.00. The lowest BCUT2D eigenvalue weighted by molar-refractivity contribution is -0.124. The second-order valence-corrected chi connectivity index (χ2v) is 4.26. The quantitative estimate of drug-likeness (QED) is 0.774. The highest BCUT2D eigenvalue weighted by molar-refractivity contribution is 7.00. The first-order valence-electron chi connectivity index (χ1n) is 5.05. The van der Waals surface area contributed by atoms with Crippen molar-refractivity contribution in [1.29, 1.82) is 0 Å². The maximum absolute atomic E-state index is 11.6. The minimum Gasteiger partial charge on any atom is -0.274 e. The highest BCUT2D eigenvalue weighted by Crippen LogP contribution is 2.29. The molecular formula is C11H11N3O2S. The van der Waals surface area contributed by atoms with E-state index in [1.54, 1.807) is 0 Å². The molecule has 0 aliphatic heterocycles. The van der Waals surface area contributed by atoms with E-state index >= 15 is 0 Å². The SMILES string of the molecule is CC(=O)N(C(C)=O)c1c(C)ccc2nsnc12. The maximum Gasteiger partial charge on any atom is 0.230 e. The van der Waals surface area contributed by atoms with Crippen LogP contribution >= 0.6 is 11.7 Å². The van der Waals surface area contributed by atoms with E-state index in [1.165, 1.54) is 13.8 Å². The van der Waals surface area contributed by atoms with Gasteiger partial charge in [0.2, 0.25) is 11.8 Å². The summed E-state index contributed by atoms with van der Waals surface area (Å²) >= 11 is 1.07. The molecule has 2 rings (SSSR count). The van der Waals surface area contributed by atoms with Crippen LogP contribution in [0.3, 0.4) is 0 Å². The lowest BCUT2D eigenvalue weighted by Crippen LogP contribution is -2.33. The van der Waals surface area contributed by atoms with Gasteiger partial charge in [0, 0.05) is 13.8 Å². The van der Waals surface area contributed by atoms with Crippen LogP contribution in [0.5, 0.6) is 0 Å². The van der Waals surface area contributed by atoms with Crippen molar-refractivity contribution in [2.45, 2.75) is 20.8 Å². The van der Waals surface area contributed by atoms with Gasteiger partial charge in [0.1, 0.15) is 11.0 Å². The molecule has 0 N–H and O–H groups in total. The Hall–Kier alpha value is -1.82. The predicted octanol–water partition coefficient (Wildman–Crippen LogP) is 1.90. The van der Waals surface area contributed by atoms with E-state index < -0.39 is 0 Å². The zero-order valence-corrected chi connectivity index (χ0v) is 10.5. The molecule has 0 unspecified atom stereocenters. The van der Waals surface area contributed by atoms with E-state index in [0.29, 0.717) is 16.7 Å². The van der Waals surface area contributed by atoms with Gasteiger partial charge in [0.05, 0.1) is 17.4 Å². The van der Waals surface area contributed by atoms with Crippen molar-refractivity contribution < 1.29 is 9.59 Å². The molecule has 1 aromatic heterocycles. The first-order valence-corrected chi connectivity index (χ1v) is 5.78. The van der Waals surface area contributed by atoms with Crippen LogP contribution in [-0.2, 0) is 9.59 Å². The van der Waals surface area contributed by atoms with E-state index in [0.717, 1.165) is 22.2 Å². The monoisotopic (exact) mass is 249 g/mol. The average Bonchev–Trinajstić information content (AvgIpc) is 2.68. The summed E-state index contributed by atoms with van der Waals surface area (Å²) < 4.78 is 8.25. The van der Waals surface area contributed by atoms with Gasteiger partial charge in [0.15, 0.2) is 0 Å². The van der Waals surface area contributed by atoms with Crippen LogP contribution in [0.25, 0.3) is 11.0 Å². The fraction of sp³-hybridized carbons (Fsp3) is 0.273. The molecule has 0 atom stereocenters. The van der Waals surface area contributed by atoms with Crippen LogP contribution in [0.1, 0.15) is 19.4 Å². The molecular weight excluding hydrogens is 238 g/mol. The summed E-state index contributed by atoms with van der Waals surface area (Å²) in [4.78, 5) is 24.3. The molecule has 0 radical (unpaired) electrons. The summed E-state index contributed by atoms with van der Waals surface area (Å²) in [5, 5.41) is 0. The molecule has 5 nitrogen and oxygen atoms in total. The molecule has 1 heterocycles. The van der Waals surface area contributed by atoms with Crippen molar-refractivity contribution in [3.63, 3.8) is 0 Å². The first-order chi connectivity index (χ1) is 8.02. The largest absolute Gasteiger partial charge is 0.274 e. The zero-order valence-electron chi connectivity index (χ0n) is 9.72. The number of hydrogen-bond donors (Lipinski definition) is 0. The van der Waals surface area contributed by atoms with Crippen LogP contribution in [0.15, 0.2) is 12.1 Å². The molecule has 0 spiro atoms. The van der Waals surface area contributed by atoms with Gasteiger partial charge in [-0.1, -0.05) is 6.07 Å². The minimum absolute atomic E-state index is 0.318. The number of aryl methyl sites for hydroxylation is 1. The van der Waals surface area contributed by atoms with E-state index in [1.807, 2.05) is 19.1 Å². The topological polar surface area (TPSA) is 63.2 Å². The zero-order chi connectivity index (χ0) is 12.6. The Labute approximate surface area is 102 Å². The molecule has 0 bridgehead atoms. The summed E-state index contributed by atoms with van der Waals surface area (Å²) in [5.74, 6) is -0.637. The molecule has 2 amide bonds. The summed E-state index contributed by atoms with van der Waals surface area (Å²) in [5.41, 5.74) is 2.66. The fourth-order valence-electron chi connectivity index (χ4n) is 1.76. The molecule has 0 fully saturated rings. The van der Waals surface area contributed by atoms with Gasteiger partial charge >= 0.3 is 0 Å². The number of rotatable bonds is 1. The molecule has 0 aliphatic carbocycles. The van der Waals surface area contributed by atoms with Crippen LogP contribution in [0.4, 0.5) is 5.69 Å². The highest BCUT2D eigenvalue weighted by Gasteiger charge is 2.22. The lowest BCUT2D eigenvalue weighted by atomic mass is 10.1. The maximum atomic E-state index is 11.6. The summed E-state index contributed by atoms with van der Waals surface area (Å²) in [6.45, 7) is 4.56. The normalized spacial score (nSPS) is 10.5.